The second kappa shape index (κ2) is 8.80. The number of halogens is 4. The van der Waals surface area contributed by atoms with E-state index in [1.807, 2.05) is 11.8 Å². The van der Waals surface area contributed by atoms with E-state index in [9.17, 15) is 18.0 Å². The molecule has 0 aliphatic carbocycles. The maximum absolute atomic E-state index is 14.0. The molecule has 1 saturated heterocycles. The molecule has 1 N–H and O–H groups in total. The summed E-state index contributed by atoms with van der Waals surface area (Å²) in [6.45, 7) is 2.57. The number of carbonyl (C=O) groups is 1. The van der Waals surface area contributed by atoms with Crippen LogP contribution < -0.4 is 5.32 Å². The van der Waals surface area contributed by atoms with Crippen LogP contribution in [0.5, 0.6) is 0 Å². The Morgan fingerprint density at radius 2 is 2.11 bits per heavy atom. The summed E-state index contributed by atoms with van der Waals surface area (Å²) in [6, 6.07) is 3.74. The molecule has 1 fully saturated rings. The van der Waals surface area contributed by atoms with Crippen molar-refractivity contribution in [2.24, 2.45) is 0 Å². The van der Waals surface area contributed by atoms with Crippen molar-refractivity contribution in [2.75, 3.05) is 19.6 Å². The average Bonchev–Trinajstić information content (AvgIpc) is 3.12. The molecule has 9 heteroatoms. The van der Waals surface area contributed by atoms with Crippen LogP contribution in [0.4, 0.5) is 13.2 Å². The maximum Gasteiger partial charge on any atom is 0.255 e. The van der Waals surface area contributed by atoms with E-state index in [2.05, 4.69) is 10.3 Å². The summed E-state index contributed by atoms with van der Waals surface area (Å²) >= 11 is 7.45. The second-order valence-corrected chi connectivity index (χ2v) is 8.28. The molecule has 2 heterocycles. The first kappa shape index (κ1) is 21.1. The van der Waals surface area contributed by atoms with Crippen LogP contribution in [0.1, 0.15) is 46.0 Å². The zero-order valence-electron chi connectivity index (χ0n) is 15.4. The quantitative estimate of drug-likeness (QED) is 0.721. The molecule has 1 amide bonds. The number of hydrogen-bond donors (Lipinski definition) is 1. The lowest BCUT2D eigenvalue weighted by molar-refractivity contribution is -0.0629. The zero-order chi connectivity index (χ0) is 20.3. The standard InChI is InChI=1S/C19H21ClF3N3OS/c1-2-16-24-11-15(28-16)14(26-8-6-19(22,23)7-9-26)10-25-18(27)17-12(20)4-3-5-13(17)21/h3-5,11,14H,2,6-10H2,1H3,(H,25,27). The van der Waals surface area contributed by atoms with Gasteiger partial charge in [0, 0.05) is 43.5 Å². The van der Waals surface area contributed by atoms with Gasteiger partial charge in [-0.3, -0.25) is 9.69 Å². The molecule has 0 spiro atoms. The molecule has 1 unspecified atom stereocenters. The van der Waals surface area contributed by atoms with Crippen molar-refractivity contribution in [2.45, 2.75) is 38.2 Å². The molecule has 1 aliphatic heterocycles. The van der Waals surface area contributed by atoms with Gasteiger partial charge in [0.1, 0.15) is 5.82 Å². The monoisotopic (exact) mass is 431 g/mol. The lowest BCUT2D eigenvalue weighted by Crippen LogP contribution is -2.45. The molecule has 152 valence electrons. The third-order valence-corrected chi connectivity index (χ3v) is 6.38. The Hall–Kier alpha value is -1.64. The highest BCUT2D eigenvalue weighted by atomic mass is 35.5. The van der Waals surface area contributed by atoms with Gasteiger partial charge in [0.25, 0.3) is 11.8 Å². The van der Waals surface area contributed by atoms with Gasteiger partial charge in [-0.15, -0.1) is 11.3 Å². The molecule has 0 saturated carbocycles. The third-order valence-electron chi connectivity index (χ3n) is 4.82. The number of hydrogen-bond acceptors (Lipinski definition) is 4. The molecule has 0 radical (unpaired) electrons. The Balaban J connectivity index is 1.76. The van der Waals surface area contributed by atoms with Gasteiger partial charge < -0.3 is 5.32 Å². The minimum absolute atomic E-state index is 0.0257. The van der Waals surface area contributed by atoms with Crippen molar-refractivity contribution in [3.8, 4) is 0 Å². The topological polar surface area (TPSA) is 45.2 Å². The van der Waals surface area contributed by atoms with E-state index in [1.54, 1.807) is 6.20 Å². The van der Waals surface area contributed by atoms with Crippen molar-refractivity contribution in [3.63, 3.8) is 0 Å². The van der Waals surface area contributed by atoms with E-state index in [-0.39, 0.29) is 49.1 Å². The lowest BCUT2D eigenvalue weighted by atomic mass is 10.0. The van der Waals surface area contributed by atoms with Gasteiger partial charge in [-0.25, -0.2) is 18.2 Å². The number of benzene rings is 1. The number of nitrogens with zero attached hydrogens (tertiary/aromatic N) is 2. The van der Waals surface area contributed by atoms with Crippen LogP contribution in [0, 0.1) is 5.82 Å². The van der Waals surface area contributed by atoms with Gasteiger partial charge in [-0.05, 0) is 18.6 Å². The summed E-state index contributed by atoms with van der Waals surface area (Å²) in [6.07, 6.45) is 2.04. The number of aromatic nitrogens is 1. The fourth-order valence-corrected chi connectivity index (χ4v) is 4.45. The lowest BCUT2D eigenvalue weighted by Gasteiger charge is -2.37. The highest BCUT2D eigenvalue weighted by Gasteiger charge is 2.37. The summed E-state index contributed by atoms with van der Waals surface area (Å²) in [5.74, 6) is -3.99. The summed E-state index contributed by atoms with van der Waals surface area (Å²) in [5.41, 5.74) is -0.216. The zero-order valence-corrected chi connectivity index (χ0v) is 16.9. The van der Waals surface area contributed by atoms with Gasteiger partial charge in [0.15, 0.2) is 0 Å². The number of nitrogens with one attached hydrogen (secondary N) is 1. The predicted octanol–water partition coefficient (Wildman–Crippen LogP) is 4.70. The van der Waals surface area contributed by atoms with Crippen molar-refractivity contribution in [1.29, 1.82) is 0 Å². The van der Waals surface area contributed by atoms with Crippen LogP contribution in [0.2, 0.25) is 5.02 Å². The summed E-state index contributed by atoms with van der Waals surface area (Å²) < 4.78 is 41.1. The molecule has 3 rings (SSSR count). The van der Waals surface area contributed by atoms with E-state index in [0.717, 1.165) is 16.3 Å². The summed E-state index contributed by atoms with van der Waals surface area (Å²) in [4.78, 5) is 19.6. The van der Waals surface area contributed by atoms with Gasteiger partial charge in [0.05, 0.1) is 21.6 Å². The van der Waals surface area contributed by atoms with Crippen molar-refractivity contribution in [1.82, 2.24) is 15.2 Å². The van der Waals surface area contributed by atoms with E-state index < -0.39 is 17.6 Å². The number of piperidine rings is 1. The molecule has 0 bridgehead atoms. The smallest absolute Gasteiger partial charge is 0.255 e. The third kappa shape index (κ3) is 4.85. The maximum atomic E-state index is 14.0. The number of amides is 1. The Kier molecular flexibility index (Phi) is 6.62. The first-order valence-corrected chi connectivity index (χ1v) is 10.3. The molecular formula is C19H21ClF3N3OS. The average molecular weight is 432 g/mol. The molecule has 2 aromatic rings. The molecule has 1 aliphatic rings. The van der Waals surface area contributed by atoms with Gasteiger partial charge in [0.2, 0.25) is 0 Å². The number of rotatable bonds is 6. The summed E-state index contributed by atoms with van der Waals surface area (Å²) in [5, 5.41) is 3.67. The first-order chi connectivity index (χ1) is 13.3. The van der Waals surface area contributed by atoms with E-state index in [1.165, 1.54) is 29.5 Å². The van der Waals surface area contributed by atoms with Crippen LogP contribution in [0.3, 0.4) is 0 Å². The van der Waals surface area contributed by atoms with Crippen molar-refractivity contribution in [3.05, 3.63) is 50.7 Å². The molecular weight excluding hydrogens is 411 g/mol. The SMILES string of the molecule is CCc1ncc(C(CNC(=O)c2c(F)cccc2Cl)N2CCC(F)(F)CC2)s1. The summed E-state index contributed by atoms with van der Waals surface area (Å²) in [7, 11) is 0. The fourth-order valence-electron chi connectivity index (χ4n) is 3.21. The van der Waals surface area contributed by atoms with Crippen LogP contribution in [-0.2, 0) is 6.42 Å². The molecule has 1 aromatic carbocycles. The number of thiazole rings is 1. The Labute approximate surface area is 170 Å². The van der Waals surface area contributed by atoms with E-state index >= 15 is 0 Å². The first-order valence-electron chi connectivity index (χ1n) is 9.09. The van der Waals surface area contributed by atoms with E-state index in [4.69, 9.17) is 11.6 Å². The molecule has 28 heavy (non-hydrogen) atoms. The minimum atomic E-state index is -2.66. The highest BCUT2D eigenvalue weighted by Crippen LogP contribution is 2.34. The second-order valence-electron chi connectivity index (χ2n) is 6.72. The Morgan fingerprint density at radius 3 is 2.71 bits per heavy atom. The fraction of sp³-hybridized carbons (Fsp3) is 0.474. The number of alkyl halides is 2. The molecule has 1 aromatic heterocycles. The van der Waals surface area contributed by atoms with Crippen molar-refractivity contribution >= 4 is 28.8 Å². The minimum Gasteiger partial charge on any atom is -0.350 e. The highest BCUT2D eigenvalue weighted by molar-refractivity contribution is 7.11. The molecule has 1 atom stereocenters. The molecule has 4 nitrogen and oxygen atoms in total. The largest absolute Gasteiger partial charge is 0.350 e. The van der Waals surface area contributed by atoms with Crippen LogP contribution >= 0.6 is 22.9 Å². The Bertz CT molecular complexity index is 815. The number of aryl methyl sites for hydroxylation is 1. The van der Waals surface area contributed by atoms with Gasteiger partial charge in [-0.1, -0.05) is 24.6 Å². The van der Waals surface area contributed by atoms with Crippen LogP contribution in [0.25, 0.3) is 0 Å². The number of carbonyl (C=O) groups excluding carboxylic acids is 1. The normalized spacial score (nSPS) is 18.0. The van der Waals surface area contributed by atoms with E-state index in [0.29, 0.717) is 0 Å². The van der Waals surface area contributed by atoms with Gasteiger partial charge >= 0.3 is 0 Å². The predicted molar refractivity (Wildman–Crippen MR) is 104 cm³/mol. The number of likely N-dealkylation sites (tertiary alicyclic amines) is 1. The van der Waals surface area contributed by atoms with Gasteiger partial charge in [-0.2, -0.15) is 0 Å². The van der Waals surface area contributed by atoms with Crippen LogP contribution in [0.15, 0.2) is 24.4 Å². The van der Waals surface area contributed by atoms with Crippen molar-refractivity contribution < 1.29 is 18.0 Å². The Morgan fingerprint density at radius 1 is 1.39 bits per heavy atom. The van der Waals surface area contributed by atoms with Crippen LogP contribution in [-0.4, -0.2) is 41.3 Å².